The second kappa shape index (κ2) is 4.05. The van der Waals surface area contributed by atoms with E-state index in [1.165, 1.54) is 5.56 Å². The molecule has 0 atom stereocenters. The first-order chi connectivity index (χ1) is 7.18. The summed E-state index contributed by atoms with van der Waals surface area (Å²) < 4.78 is 0. The maximum atomic E-state index is 11.6. The van der Waals surface area contributed by atoms with E-state index >= 15 is 0 Å². The molecule has 1 fully saturated rings. The molecule has 0 aliphatic heterocycles. The van der Waals surface area contributed by atoms with Crippen molar-refractivity contribution in [1.82, 2.24) is 0 Å². The molecule has 1 aliphatic carbocycles. The van der Waals surface area contributed by atoms with Gasteiger partial charge in [-0.2, -0.15) is 0 Å². The third-order valence-corrected chi connectivity index (χ3v) is 2.79. The van der Waals surface area contributed by atoms with Gasteiger partial charge in [-0.25, -0.2) is 0 Å². The van der Waals surface area contributed by atoms with Crippen molar-refractivity contribution in [1.29, 1.82) is 0 Å². The summed E-state index contributed by atoms with van der Waals surface area (Å²) in [5.41, 5.74) is 2.19. The van der Waals surface area contributed by atoms with Gasteiger partial charge in [0.2, 0.25) is 5.91 Å². The van der Waals surface area contributed by atoms with Crippen LogP contribution in [0.25, 0.3) is 0 Å². The lowest BCUT2D eigenvalue weighted by molar-refractivity contribution is -0.117. The summed E-state index contributed by atoms with van der Waals surface area (Å²) in [5.74, 6) is 0.897. The van der Waals surface area contributed by atoms with Crippen LogP contribution in [-0.2, 0) is 4.79 Å². The van der Waals surface area contributed by atoms with Gasteiger partial charge in [0, 0.05) is 11.6 Å². The van der Waals surface area contributed by atoms with E-state index in [1.54, 1.807) is 0 Å². The quantitative estimate of drug-likeness (QED) is 0.803. The van der Waals surface area contributed by atoms with Crippen LogP contribution in [-0.4, -0.2) is 5.91 Å². The molecular formula is C13H17NO. The molecule has 2 heteroatoms. The van der Waals surface area contributed by atoms with Crippen LogP contribution in [0.15, 0.2) is 24.3 Å². The molecule has 2 rings (SSSR count). The van der Waals surface area contributed by atoms with Gasteiger partial charge in [-0.1, -0.05) is 32.0 Å². The van der Waals surface area contributed by atoms with Crippen LogP contribution in [0.1, 0.15) is 38.2 Å². The highest BCUT2D eigenvalue weighted by molar-refractivity contribution is 5.94. The number of amides is 1. The minimum Gasteiger partial charge on any atom is -0.326 e. The van der Waals surface area contributed by atoms with Gasteiger partial charge in [-0.15, -0.1) is 0 Å². The monoisotopic (exact) mass is 203 g/mol. The van der Waals surface area contributed by atoms with Crippen LogP contribution >= 0.6 is 0 Å². The average molecular weight is 203 g/mol. The molecule has 0 saturated heterocycles. The Bertz CT molecular complexity index is 367. The predicted molar refractivity (Wildman–Crippen MR) is 61.9 cm³/mol. The smallest absolute Gasteiger partial charge is 0.227 e. The Morgan fingerprint density at radius 3 is 2.60 bits per heavy atom. The van der Waals surface area contributed by atoms with Crippen molar-refractivity contribution in [2.24, 2.45) is 5.92 Å². The van der Waals surface area contributed by atoms with Crippen molar-refractivity contribution in [3.05, 3.63) is 29.8 Å². The summed E-state index contributed by atoms with van der Waals surface area (Å²) >= 11 is 0. The van der Waals surface area contributed by atoms with Gasteiger partial charge in [-0.3, -0.25) is 4.79 Å². The predicted octanol–water partition coefficient (Wildman–Crippen LogP) is 3.16. The molecule has 15 heavy (non-hydrogen) atoms. The largest absolute Gasteiger partial charge is 0.326 e. The third-order valence-electron chi connectivity index (χ3n) is 2.79. The van der Waals surface area contributed by atoms with Crippen molar-refractivity contribution in [2.75, 3.05) is 5.32 Å². The Morgan fingerprint density at radius 2 is 2.00 bits per heavy atom. The second-order valence-electron chi connectivity index (χ2n) is 4.51. The lowest BCUT2D eigenvalue weighted by Crippen LogP contribution is -2.14. The van der Waals surface area contributed by atoms with Gasteiger partial charge in [0.05, 0.1) is 0 Å². The summed E-state index contributed by atoms with van der Waals surface area (Å²) in [6.07, 6.45) is 2.10. The molecule has 0 bridgehead atoms. The molecule has 0 aromatic heterocycles. The third kappa shape index (κ3) is 2.38. The van der Waals surface area contributed by atoms with Gasteiger partial charge in [0.1, 0.15) is 0 Å². The van der Waals surface area contributed by atoms with Crippen LogP contribution in [0.5, 0.6) is 0 Å². The fraction of sp³-hybridized carbons (Fsp3) is 0.462. The Kier molecular flexibility index (Phi) is 2.76. The molecule has 1 aliphatic rings. The Balaban J connectivity index is 2.15. The lowest BCUT2D eigenvalue weighted by atomic mass is 10.0. The molecule has 1 aromatic carbocycles. The Labute approximate surface area is 90.7 Å². The Hall–Kier alpha value is -1.31. The first-order valence-corrected chi connectivity index (χ1v) is 5.58. The van der Waals surface area contributed by atoms with Crippen molar-refractivity contribution < 1.29 is 4.79 Å². The fourth-order valence-electron chi connectivity index (χ4n) is 1.69. The average Bonchev–Trinajstić information content (AvgIpc) is 3.01. The number of hydrogen-bond acceptors (Lipinski definition) is 1. The van der Waals surface area contributed by atoms with E-state index in [0.29, 0.717) is 5.92 Å². The molecule has 0 heterocycles. The number of hydrogen-bond donors (Lipinski definition) is 1. The zero-order valence-electron chi connectivity index (χ0n) is 9.29. The van der Waals surface area contributed by atoms with E-state index in [2.05, 4.69) is 25.2 Å². The zero-order chi connectivity index (χ0) is 10.8. The van der Waals surface area contributed by atoms with Crippen LogP contribution in [0, 0.1) is 5.92 Å². The molecular weight excluding hydrogens is 186 g/mol. The minimum absolute atomic E-state index is 0.183. The number of carbonyl (C=O) groups is 1. The summed E-state index contributed by atoms with van der Waals surface area (Å²) in [4.78, 5) is 11.6. The fourth-order valence-corrected chi connectivity index (χ4v) is 1.69. The molecule has 0 radical (unpaired) electrons. The summed E-state index contributed by atoms with van der Waals surface area (Å²) in [5, 5.41) is 3.01. The van der Waals surface area contributed by atoms with Crippen molar-refractivity contribution in [3.8, 4) is 0 Å². The minimum atomic E-state index is 0.183. The summed E-state index contributed by atoms with van der Waals surface area (Å²) in [6, 6.07) is 8.04. The lowest BCUT2D eigenvalue weighted by Gasteiger charge is -2.13. The normalized spacial score (nSPS) is 15.4. The number of nitrogens with one attached hydrogen (secondary N) is 1. The van der Waals surface area contributed by atoms with Crippen LogP contribution in [0.2, 0.25) is 0 Å². The first kappa shape index (κ1) is 10.2. The molecule has 2 nitrogen and oxygen atoms in total. The molecule has 1 saturated carbocycles. The maximum absolute atomic E-state index is 11.6. The number of benzene rings is 1. The standard InChI is InChI=1S/C13H17NO/c1-9(2)11-5-3-4-6-12(11)14-13(15)10-7-8-10/h3-6,9-10H,7-8H2,1-2H3,(H,14,15). The number of para-hydroxylation sites is 1. The van der Waals surface area contributed by atoms with Gasteiger partial charge >= 0.3 is 0 Å². The molecule has 1 amide bonds. The Morgan fingerprint density at radius 1 is 1.33 bits per heavy atom. The van der Waals surface area contributed by atoms with E-state index in [-0.39, 0.29) is 11.8 Å². The molecule has 80 valence electrons. The molecule has 0 unspecified atom stereocenters. The van der Waals surface area contributed by atoms with E-state index < -0.39 is 0 Å². The molecule has 0 spiro atoms. The topological polar surface area (TPSA) is 29.1 Å². The summed E-state index contributed by atoms with van der Waals surface area (Å²) in [6.45, 7) is 4.28. The van der Waals surface area contributed by atoms with E-state index in [0.717, 1.165) is 18.5 Å². The van der Waals surface area contributed by atoms with Crippen LogP contribution < -0.4 is 5.32 Å². The van der Waals surface area contributed by atoms with Crippen molar-refractivity contribution in [3.63, 3.8) is 0 Å². The number of rotatable bonds is 3. The van der Waals surface area contributed by atoms with Crippen molar-refractivity contribution >= 4 is 11.6 Å². The van der Waals surface area contributed by atoms with E-state index in [1.807, 2.05) is 18.2 Å². The van der Waals surface area contributed by atoms with Gasteiger partial charge in [-0.05, 0) is 30.4 Å². The zero-order valence-corrected chi connectivity index (χ0v) is 9.29. The van der Waals surface area contributed by atoms with Gasteiger partial charge in [0.15, 0.2) is 0 Å². The van der Waals surface area contributed by atoms with E-state index in [9.17, 15) is 4.79 Å². The van der Waals surface area contributed by atoms with E-state index in [4.69, 9.17) is 0 Å². The maximum Gasteiger partial charge on any atom is 0.227 e. The SMILES string of the molecule is CC(C)c1ccccc1NC(=O)C1CC1. The van der Waals surface area contributed by atoms with Crippen molar-refractivity contribution in [2.45, 2.75) is 32.6 Å². The highest BCUT2D eigenvalue weighted by Crippen LogP contribution is 2.31. The second-order valence-corrected chi connectivity index (χ2v) is 4.51. The van der Waals surface area contributed by atoms with Crippen LogP contribution in [0.4, 0.5) is 5.69 Å². The van der Waals surface area contributed by atoms with Crippen LogP contribution in [0.3, 0.4) is 0 Å². The molecule has 1 aromatic rings. The van der Waals surface area contributed by atoms with Gasteiger partial charge < -0.3 is 5.32 Å². The summed E-state index contributed by atoms with van der Waals surface area (Å²) in [7, 11) is 0. The van der Waals surface area contributed by atoms with Gasteiger partial charge in [0.25, 0.3) is 0 Å². The highest BCUT2D eigenvalue weighted by atomic mass is 16.2. The number of carbonyl (C=O) groups excluding carboxylic acids is 1. The first-order valence-electron chi connectivity index (χ1n) is 5.58. The molecule has 1 N–H and O–H groups in total. The highest BCUT2D eigenvalue weighted by Gasteiger charge is 2.29. The number of anilines is 1.